The summed E-state index contributed by atoms with van der Waals surface area (Å²) in [6.45, 7) is 2.41. The zero-order valence-corrected chi connectivity index (χ0v) is 12.4. The molecule has 0 aliphatic carbocycles. The van der Waals surface area contributed by atoms with Gasteiger partial charge in [0.05, 0.1) is 5.39 Å². The number of carboxylic acid groups (broad SMARTS) is 1. The minimum Gasteiger partial charge on any atom is -0.489 e. The van der Waals surface area contributed by atoms with E-state index in [0.29, 0.717) is 17.9 Å². The number of carboxylic acids is 1. The van der Waals surface area contributed by atoms with Crippen molar-refractivity contribution in [2.45, 2.75) is 13.5 Å². The monoisotopic (exact) mass is 310 g/mol. The average molecular weight is 310 g/mol. The van der Waals surface area contributed by atoms with Crippen LogP contribution >= 0.6 is 0 Å². The summed E-state index contributed by atoms with van der Waals surface area (Å²) < 4.78 is 10.9. The average Bonchev–Trinajstić information content (AvgIpc) is 2.54. The Morgan fingerprint density at radius 2 is 1.91 bits per heavy atom. The Labute approximate surface area is 131 Å². The van der Waals surface area contributed by atoms with Crippen LogP contribution in [-0.2, 0) is 6.61 Å². The summed E-state index contributed by atoms with van der Waals surface area (Å²) in [5.74, 6) is -0.760. The van der Waals surface area contributed by atoms with E-state index in [2.05, 4.69) is 0 Å². The molecule has 5 heteroatoms. The number of benzene rings is 2. The van der Waals surface area contributed by atoms with E-state index in [1.807, 2.05) is 31.2 Å². The smallest absolute Gasteiger partial charge is 0.342 e. The molecule has 0 bridgehead atoms. The Morgan fingerprint density at radius 1 is 1.17 bits per heavy atom. The van der Waals surface area contributed by atoms with Crippen LogP contribution in [0.4, 0.5) is 0 Å². The maximum absolute atomic E-state index is 12.0. The van der Waals surface area contributed by atoms with Gasteiger partial charge < -0.3 is 14.3 Å². The lowest BCUT2D eigenvalue weighted by Gasteiger charge is -2.07. The topological polar surface area (TPSA) is 76.7 Å². The van der Waals surface area contributed by atoms with Crippen LogP contribution < -0.4 is 10.2 Å². The molecule has 1 N–H and O–H groups in total. The molecule has 0 atom stereocenters. The molecular weight excluding hydrogens is 296 g/mol. The maximum atomic E-state index is 12.0. The van der Waals surface area contributed by atoms with E-state index in [0.717, 1.165) is 11.8 Å². The highest BCUT2D eigenvalue weighted by atomic mass is 16.5. The lowest BCUT2D eigenvalue weighted by molar-refractivity contribution is 0.0693. The zero-order valence-electron chi connectivity index (χ0n) is 12.4. The number of fused-ring (bicyclic) bond motifs is 1. The Morgan fingerprint density at radius 3 is 2.61 bits per heavy atom. The van der Waals surface area contributed by atoms with E-state index in [1.165, 1.54) is 11.6 Å². The Bertz CT molecular complexity index is 922. The summed E-state index contributed by atoms with van der Waals surface area (Å²) in [5.41, 5.74) is 1.55. The SMILES string of the molecule is Cc1ccc(COc2ccc3c(=O)c(C(=O)O)coc3c2)cc1. The van der Waals surface area contributed by atoms with Crippen LogP contribution in [0, 0.1) is 6.92 Å². The summed E-state index contributed by atoms with van der Waals surface area (Å²) in [5, 5.41) is 9.14. The van der Waals surface area contributed by atoms with Crippen molar-refractivity contribution in [1.29, 1.82) is 0 Å². The van der Waals surface area contributed by atoms with Crippen molar-refractivity contribution in [3.05, 3.63) is 75.6 Å². The van der Waals surface area contributed by atoms with Crippen molar-refractivity contribution >= 4 is 16.9 Å². The van der Waals surface area contributed by atoms with Crippen molar-refractivity contribution in [2.24, 2.45) is 0 Å². The normalized spacial score (nSPS) is 10.7. The molecule has 0 unspecified atom stereocenters. The van der Waals surface area contributed by atoms with Crippen LogP contribution in [-0.4, -0.2) is 11.1 Å². The molecule has 1 heterocycles. The van der Waals surface area contributed by atoms with Gasteiger partial charge in [-0.15, -0.1) is 0 Å². The number of carbonyl (C=O) groups is 1. The van der Waals surface area contributed by atoms with Crippen LogP contribution in [0.3, 0.4) is 0 Å². The molecule has 1 aromatic heterocycles. The molecule has 3 rings (SSSR count). The van der Waals surface area contributed by atoms with Gasteiger partial charge in [0, 0.05) is 6.07 Å². The fraction of sp³-hybridized carbons (Fsp3) is 0.111. The highest BCUT2D eigenvalue weighted by Gasteiger charge is 2.13. The van der Waals surface area contributed by atoms with Crippen molar-refractivity contribution in [3.63, 3.8) is 0 Å². The summed E-state index contributed by atoms with van der Waals surface area (Å²) in [6.07, 6.45) is 0.955. The van der Waals surface area contributed by atoms with Gasteiger partial charge in [0.2, 0.25) is 5.43 Å². The first kappa shape index (κ1) is 14.8. The standard InChI is InChI=1S/C18H14O5/c1-11-2-4-12(5-3-11)9-22-13-6-7-14-16(8-13)23-10-15(17(14)19)18(20)21/h2-8,10H,9H2,1H3,(H,20,21). The summed E-state index contributed by atoms with van der Waals surface area (Å²) in [4.78, 5) is 22.9. The third-order valence-corrected chi connectivity index (χ3v) is 3.50. The number of rotatable bonds is 4. The molecule has 23 heavy (non-hydrogen) atoms. The van der Waals surface area contributed by atoms with Crippen LogP contribution in [0.15, 0.2) is 57.9 Å². The molecule has 0 fully saturated rings. The lowest BCUT2D eigenvalue weighted by Crippen LogP contribution is -2.14. The largest absolute Gasteiger partial charge is 0.489 e. The molecule has 0 aliphatic heterocycles. The van der Waals surface area contributed by atoms with E-state index in [4.69, 9.17) is 14.3 Å². The molecular formula is C18H14O5. The predicted octanol–water partition coefficient (Wildman–Crippen LogP) is 3.38. The molecule has 0 saturated heterocycles. The Balaban J connectivity index is 1.86. The van der Waals surface area contributed by atoms with Gasteiger partial charge in [-0.2, -0.15) is 0 Å². The fourth-order valence-corrected chi connectivity index (χ4v) is 2.20. The van der Waals surface area contributed by atoms with Gasteiger partial charge in [-0.25, -0.2) is 4.79 Å². The number of ether oxygens (including phenoxy) is 1. The minimum atomic E-state index is -1.31. The summed E-state index contributed by atoms with van der Waals surface area (Å²) >= 11 is 0. The van der Waals surface area contributed by atoms with Gasteiger partial charge >= 0.3 is 5.97 Å². The molecule has 5 nitrogen and oxygen atoms in total. The van der Waals surface area contributed by atoms with Crippen LogP contribution in [0.25, 0.3) is 11.0 Å². The maximum Gasteiger partial charge on any atom is 0.342 e. The van der Waals surface area contributed by atoms with Gasteiger partial charge in [0.1, 0.15) is 29.8 Å². The molecule has 3 aromatic rings. The van der Waals surface area contributed by atoms with E-state index < -0.39 is 11.4 Å². The minimum absolute atomic E-state index is 0.215. The van der Waals surface area contributed by atoms with Crippen molar-refractivity contribution < 1.29 is 19.1 Å². The molecule has 0 saturated carbocycles. The first-order valence-corrected chi connectivity index (χ1v) is 7.02. The molecule has 116 valence electrons. The van der Waals surface area contributed by atoms with Gasteiger partial charge in [-0.1, -0.05) is 29.8 Å². The van der Waals surface area contributed by atoms with Gasteiger partial charge in [0.15, 0.2) is 0 Å². The predicted molar refractivity (Wildman–Crippen MR) is 85.0 cm³/mol. The highest BCUT2D eigenvalue weighted by molar-refractivity contribution is 5.91. The Kier molecular flexibility index (Phi) is 3.85. The second-order valence-electron chi connectivity index (χ2n) is 5.22. The van der Waals surface area contributed by atoms with Crippen molar-refractivity contribution in [3.8, 4) is 5.75 Å². The number of hydrogen-bond acceptors (Lipinski definition) is 4. The fourth-order valence-electron chi connectivity index (χ4n) is 2.20. The first-order valence-electron chi connectivity index (χ1n) is 7.02. The molecule has 2 aromatic carbocycles. The van der Waals surface area contributed by atoms with Gasteiger partial charge in [-0.3, -0.25) is 4.79 Å². The molecule has 0 amide bonds. The van der Waals surface area contributed by atoms with E-state index in [1.54, 1.807) is 12.1 Å². The second kappa shape index (κ2) is 5.96. The summed E-state index contributed by atoms with van der Waals surface area (Å²) in [7, 11) is 0. The number of hydrogen-bond donors (Lipinski definition) is 1. The lowest BCUT2D eigenvalue weighted by atomic mass is 10.1. The number of aryl methyl sites for hydroxylation is 1. The van der Waals surface area contributed by atoms with E-state index >= 15 is 0 Å². The van der Waals surface area contributed by atoms with Crippen molar-refractivity contribution in [2.75, 3.05) is 0 Å². The molecule has 0 aliphatic rings. The molecule has 0 spiro atoms. The molecule has 0 radical (unpaired) electrons. The summed E-state index contributed by atoms with van der Waals surface area (Å²) in [6, 6.07) is 12.7. The van der Waals surface area contributed by atoms with E-state index in [-0.39, 0.29) is 10.9 Å². The van der Waals surface area contributed by atoms with Crippen LogP contribution in [0.5, 0.6) is 5.75 Å². The quantitative estimate of drug-likeness (QED) is 0.799. The number of aromatic carboxylic acids is 1. The Hall–Kier alpha value is -3.08. The van der Waals surface area contributed by atoms with Crippen LogP contribution in [0.2, 0.25) is 0 Å². The van der Waals surface area contributed by atoms with Gasteiger partial charge in [-0.05, 0) is 24.6 Å². The highest BCUT2D eigenvalue weighted by Crippen LogP contribution is 2.20. The van der Waals surface area contributed by atoms with Gasteiger partial charge in [0.25, 0.3) is 0 Å². The third kappa shape index (κ3) is 3.08. The van der Waals surface area contributed by atoms with Crippen molar-refractivity contribution in [1.82, 2.24) is 0 Å². The second-order valence-corrected chi connectivity index (χ2v) is 5.22. The van der Waals surface area contributed by atoms with E-state index in [9.17, 15) is 9.59 Å². The van der Waals surface area contributed by atoms with Crippen LogP contribution in [0.1, 0.15) is 21.5 Å². The zero-order chi connectivity index (χ0) is 16.4. The first-order chi connectivity index (χ1) is 11.0. The third-order valence-electron chi connectivity index (χ3n) is 3.50.